The maximum absolute atomic E-state index is 12.0. The average Bonchev–Trinajstić information content (AvgIpc) is 2.36. The van der Waals surface area contributed by atoms with Crippen LogP contribution in [0.2, 0.25) is 10.0 Å². The molecule has 0 amide bonds. The topological polar surface area (TPSA) is 34.9 Å². The van der Waals surface area contributed by atoms with Gasteiger partial charge >= 0.3 is 0 Å². The van der Waals surface area contributed by atoms with Crippen molar-refractivity contribution in [1.29, 1.82) is 0 Å². The summed E-state index contributed by atoms with van der Waals surface area (Å²) in [4.78, 5) is 12.0. The largest absolute Gasteiger partial charge is 0.291 e. The van der Waals surface area contributed by atoms with E-state index in [1.54, 1.807) is 0 Å². The minimum Gasteiger partial charge on any atom is -0.266 e. The second kappa shape index (κ2) is 5.12. The monoisotopic (exact) mass is 282 g/mol. The molecule has 0 aliphatic heterocycles. The van der Waals surface area contributed by atoms with Crippen LogP contribution < -0.4 is 5.56 Å². The standard InChI is InChI=1S/C13H12Cl2N2O/c1-8(2)9-4-3-5-10(6-9)17-13(18)12(15)11(14)7-16-17/h3-8H,1-2H3. The van der Waals surface area contributed by atoms with Gasteiger partial charge in [-0.1, -0.05) is 49.2 Å². The summed E-state index contributed by atoms with van der Waals surface area (Å²) in [6, 6.07) is 7.63. The molecule has 0 saturated heterocycles. The predicted molar refractivity (Wildman–Crippen MR) is 73.9 cm³/mol. The van der Waals surface area contributed by atoms with Gasteiger partial charge in [0.2, 0.25) is 0 Å². The highest BCUT2D eigenvalue weighted by molar-refractivity contribution is 6.41. The Morgan fingerprint density at radius 1 is 1.28 bits per heavy atom. The zero-order chi connectivity index (χ0) is 13.3. The van der Waals surface area contributed by atoms with E-state index in [1.807, 2.05) is 24.3 Å². The third-order valence-corrected chi connectivity index (χ3v) is 3.41. The molecule has 0 spiro atoms. The maximum Gasteiger partial charge on any atom is 0.291 e. The van der Waals surface area contributed by atoms with Crippen LogP contribution >= 0.6 is 23.2 Å². The zero-order valence-electron chi connectivity index (χ0n) is 10.0. The number of rotatable bonds is 2. The Hall–Kier alpha value is -1.32. The molecule has 0 aliphatic rings. The van der Waals surface area contributed by atoms with Crippen molar-refractivity contribution in [2.45, 2.75) is 19.8 Å². The molecule has 1 aromatic heterocycles. The minimum absolute atomic E-state index is 0.0124. The first-order valence-electron chi connectivity index (χ1n) is 5.54. The lowest BCUT2D eigenvalue weighted by molar-refractivity contribution is 0.798. The van der Waals surface area contributed by atoms with Gasteiger partial charge in [-0.25, -0.2) is 0 Å². The molecule has 0 fully saturated rings. The summed E-state index contributed by atoms with van der Waals surface area (Å²) in [5, 5.41) is 4.15. The number of aromatic nitrogens is 2. The molecule has 0 N–H and O–H groups in total. The van der Waals surface area contributed by atoms with E-state index in [9.17, 15) is 4.79 Å². The van der Waals surface area contributed by atoms with Crippen molar-refractivity contribution in [2.75, 3.05) is 0 Å². The summed E-state index contributed by atoms with van der Waals surface area (Å²) in [6.45, 7) is 4.17. The normalized spacial score (nSPS) is 10.9. The van der Waals surface area contributed by atoms with Gasteiger partial charge in [0, 0.05) is 0 Å². The minimum atomic E-state index is -0.412. The molecule has 94 valence electrons. The molecule has 0 bridgehead atoms. The number of nitrogens with zero attached hydrogens (tertiary/aromatic N) is 2. The van der Waals surface area contributed by atoms with E-state index in [0.717, 1.165) is 5.56 Å². The first kappa shape index (κ1) is 13.1. The van der Waals surface area contributed by atoms with E-state index in [-0.39, 0.29) is 10.0 Å². The van der Waals surface area contributed by atoms with Gasteiger partial charge in [0.25, 0.3) is 5.56 Å². The summed E-state index contributed by atoms with van der Waals surface area (Å²) in [6.07, 6.45) is 1.37. The van der Waals surface area contributed by atoms with Gasteiger partial charge in [-0.05, 0) is 23.6 Å². The number of halogens is 2. The molecule has 0 atom stereocenters. The van der Waals surface area contributed by atoms with Crippen molar-refractivity contribution in [1.82, 2.24) is 9.78 Å². The van der Waals surface area contributed by atoms with E-state index in [4.69, 9.17) is 23.2 Å². The SMILES string of the molecule is CC(C)c1cccc(-n2ncc(Cl)c(Cl)c2=O)c1. The van der Waals surface area contributed by atoms with Crippen LogP contribution in [0, 0.1) is 0 Å². The third-order valence-electron chi connectivity index (χ3n) is 2.66. The number of hydrogen-bond donors (Lipinski definition) is 0. The van der Waals surface area contributed by atoms with Crippen LogP contribution in [-0.4, -0.2) is 9.78 Å². The molecular formula is C13H12Cl2N2O. The van der Waals surface area contributed by atoms with E-state index >= 15 is 0 Å². The summed E-state index contributed by atoms with van der Waals surface area (Å²) in [5.74, 6) is 0.378. The van der Waals surface area contributed by atoms with Gasteiger partial charge in [0.15, 0.2) is 0 Å². The van der Waals surface area contributed by atoms with E-state index in [0.29, 0.717) is 11.6 Å². The molecule has 5 heteroatoms. The zero-order valence-corrected chi connectivity index (χ0v) is 11.5. The first-order valence-corrected chi connectivity index (χ1v) is 6.30. The second-order valence-corrected chi connectivity index (χ2v) is 5.06. The van der Waals surface area contributed by atoms with Crippen molar-refractivity contribution in [3.05, 3.63) is 56.4 Å². The van der Waals surface area contributed by atoms with Gasteiger partial charge in [-0.2, -0.15) is 9.78 Å². The fourth-order valence-electron chi connectivity index (χ4n) is 1.61. The summed E-state index contributed by atoms with van der Waals surface area (Å²) >= 11 is 11.6. The fourth-order valence-corrected chi connectivity index (χ4v) is 1.87. The summed E-state index contributed by atoms with van der Waals surface area (Å²) < 4.78 is 1.25. The predicted octanol–water partition coefficient (Wildman–Crippen LogP) is 3.66. The van der Waals surface area contributed by atoms with Crippen LogP contribution in [0.1, 0.15) is 25.3 Å². The number of hydrogen-bond acceptors (Lipinski definition) is 2. The lowest BCUT2D eigenvalue weighted by Gasteiger charge is -2.09. The molecule has 2 rings (SSSR count). The van der Waals surface area contributed by atoms with E-state index < -0.39 is 5.56 Å². The molecule has 0 unspecified atom stereocenters. The Morgan fingerprint density at radius 2 is 2.00 bits per heavy atom. The Kier molecular flexibility index (Phi) is 3.73. The van der Waals surface area contributed by atoms with E-state index in [1.165, 1.54) is 10.9 Å². The molecule has 0 radical (unpaired) electrons. The van der Waals surface area contributed by atoms with E-state index in [2.05, 4.69) is 18.9 Å². The van der Waals surface area contributed by atoms with Gasteiger partial charge in [-0.3, -0.25) is 4.79 Å². The molecule has 2 aromatic rings. The quantitative estimate of drug-likeness (QED) is 0.843. The molecule has 18 heavy (non-hydrogen) atoms. The second-order valence-electron chi connectivity index (χ2n) is 4.27. The van der Waals surface area contributed by atoms with Crippen LogP contribution in [0.5, 0.6) is 0 Å². The highest BCUT2D eigenvalue weighted by Crippen LogP contribution is 2.19. The van der Waals surface area contributed by atoms with Crippen molar-refractivity contribution in [3.63, 3.8) is 0 Å². The van der Waals surface area contributed by atoms with Crippen LogP contribution in [0.4, 0.5) is 0 Å². The van der Waals surface area contributed by atoms with Gasteiger partial charge in [0.1, 0.15) is 5.02 Å². The average molecular weight is 283 g/mol. The molecular weight excluding hydrogens is 271 g/mol. The van der Waals surface area contributed by atoms with Gasteiger partial charge in [-0.15, -0.1) is 0 Å². The Morgan fingerprint density at radius 3 is 2.67 bits per heavy atom. The van der Waals surface area contributed by atoms with Crippen molar-refractivity contribution >= 4 is 23.2 Å². The van der Waals surface area contributed by atoms with Crippen LogP contribution in [0.25, 0.3) is 5.69 Å². The molecule has 0 saturated carbocycles. The van der Waals surface area contributed by atoms with Crippen molar-refractivity contribution < 1.29 is 0 Å². The van der Waals surface area contributed by atoms with Crippen molar-refractivity contribution in [3.8, 4) is 5.69 Å². The number of benzene rings is 1. The summed E-state index contributed by atoms with van der Waals surface area (Å²) in [7, 11) is 0. The molecule has 1 heterocycles. The molecule has 0 aliphatic carbocycles. The third kappa shape index (κ3) is 2.42. The first-order chi connectivity index (χ1) is 8.50. The Labute approximate surface area is 115 Å². The maximum atomic E-state index is 12.0. The fraction of sp³-hybridized carbons (Fsp3) is 0.231. The smallest absolute Gasteiger partial charge is 0.266 e. The van der Waals surface area contributed by atoms with Gasteiger partial charge < -0.3 is 0 Å². The van der Waals surface area contributed by atoms with Crippen LogP contribution in [0.15, 0.2) is 35.3 Å². The lowest BCUT2D eigenvalue weighted by Crippen LogP contribution is -2.21. The Balaban J connectivity index is 2.59. The molecule has 1 aromatic carbocycles. The molecule has 3 nitrogen and oxygen atoms in total. The van der Waals surface area contributed by atoms with Crippen molar-refractivity contribution in [2.24, 2.45) is 0 Å². The summed E-state index contributed by atoms with van der Waals surface area (Å²) in [5.41, 5.74) is 1.40. The highest BCUT2D eigenvalue weighted by atomic mass is 35.5. The van der Waals surface area contributed by atoms with Crippen LogP contribution in [-0.2, 0) is 0 Å². The van der Waals surface area contributed by atoms with Crippen LogP contribution in [0.3, 0.4) is 0 Å². The Bertz CT molecular complexity index is 635. The lowest BCUT2D eigenvalue weighted by atomic mass is 10.0. The van der Waals surface area contributed by atoms with Gasteiger partial charge in [0.05, 0.1) is 16.9 Å². The highest BCUT2D eigenvalue weighted by Gasteiger charge is 2.09.